The summed E-state index contributed by atoms with van der Waals surface area (Å²) >= 11 is 5.83. The SMILES string of the molecule is COc1cc(Oc2nc[nH]c(=O)c2Cl)cc(OC)c1OC. The molecule has 0 aliphatic rings. The molecule has 0 saturated carbocycles. The summed E-state index contributed by atoms with van der Waals surface area (Å²) in [5.74, 6) is 1.57. The fraction of sp³-hybridized carbons (Fsp3) is 0.231. The van der Waals surface area contributed by atoms with Gasteiger partial charge in [0.1, 0.15) is 5.75 Å². The number of benzene rings is 1. The first-order chi connectivity index (χ1) is 10.1. The molecule has 1 aromatic heterocycles. The molecule has 0 aliphatic heterocycles. The summed E-state index contributed by atoms with van der Waals surface area (Å²) in [7, 11) is 4.47. The van der Waals surface area contributed by atoms with Crippen LogP contribution in [0, 0.1) is 0 Å². The third kappa shape index (κ3) is 3.03. The summed E-state index contributed by atoms with van der Waals surface area (Å²) in [4.78, 5) is 17.6. The molecule has 1 N–H and O–H groups in total. The average Bonchev–Trinajstić information content (AvgIpc) is 2.50. The normalized spacial score (nSPS) is 10.1. The summed E-state index contributed by atoms with van der Waals surface area (Å²) in [5.41, 5.74) is -0.492. The Labute approximate surface area is 125 Å². The molecule has 21 heavy (non-hydrogen) atoms. The predicted octanol–water partition coefficient (Wildman–Crippen LogP) is 2.24. The zero-order chi connectivity index (χ0) is 15.4. The van der Waals surface area contributed by atoms with Crippen molar-refractivity contribution in [2.45, 2.75) is 0 Å². The molecule has 7 nitrogen and oxygen atoms in total. The first-order valence-corrected chi connectivity index (χ1v) is 6.19. The van der Waals surface area contributed by atoms with E-state index in [4.69, 9.17) is 30.5 Å². The number of ether oxygens (including phenoxy) is 4. The average molecular weight is 313 g/mol. The molecule has 0 amide bonds. The Balaban J connectivity index is 2.45. The lowest BCUT2D eigenvalue weighted by Crippen LogP contribution is -2.08. The minimum Gasteiger partial charge on any atom is -0.493 e. The van der Waals surface area contributed by atoms with Gasteiger partial charge in [0.05, 0.1) is 27.7 Å². The second-order valence-corrected chi connectivity index (χ2v) is 4.19. The van der Waals surface area contributed by atoms with Gasteiger partial charge in [0.15, 0.2) is 16.5 Å². The van der Waals surface area contributed by atoms with Gasteiger partial charge < -0.3 is 23.9 Å². The maximum Gasteiger partial charge on any atom is 0.273 e. The van der Waals surface area contributed by atoms with E-state index < -0.39 is 5.56 Å². The van der Waals surface area contributed by atoms with Gasteiger partial charge in [-0.15, -0.1) is 0 Å². The summed E-state index contributed by atoms with van der Waals surface area (Å²) in [5, 5.41) is -0.147. The Hall–Kier alpha value is -2.41. The van der Waals surface area contributed by atoms with Gasteiger partial charge >= 0.3 is 0 Å². The molecule has 0 atom stereocenters. The fourth-order valence-corrected chi connectivity index (χ4v) is 1.81. The van der Waals surface area contributed by atoms with E-state index in [1.54, 1.807) is 12.1 Å². The topological polar surface area (TPSA) is 82.7 Å². The van der Waals surface area contributed by atoms with Crippen LogP contribution in [0.3, 0.4) is 0 Å². The number of rotatable bonds is 5. The summed E-state index contributed by atoms with van der Waals surface area (Å²) < 4.78 is 21.1. The van der Waals surface area contributed by atoms with Crippen LogP contribution in [-0.4, -0.2) is 31.3 Å². The molecule has 0 bridgehead atoms. The number of nitrogens with zero attached hydrogens (tertiary/aromatic N) is 1. The minimum atomic E-state index is -0.492. The standard InChI is InChI=1S/C13H13ClN2O5/c1-18-8-4-7(5-9(19-2)11(8)20-3)21-13-10(14)12(17)15-6-16-13/h4-6H,1-3H3,(H,15,16,17). The Bertz CT molecular complexity index is 676. The number of hydrogen-bond acceptors (Lipinski definition) is 6. The molecule has 0 unspecified atom stereocenters. The van der Waals surface area contributed by atoms with Gasteiger partial charge in [-0.2, -0.15) is 0 Å². The van der Waals surface area contributed by atoms with Gasteiger partial charge in [-0.1, -0.05) is 11.6 Å². The van der Waals surface area contributed by atoms with Crippen LogP contribution in [0.15, 0.2) is 23.3 Å². The van der Waals surface area contributed by atoms with Crippen molar-refractivity contribution in [2.75, 3.05) is 21.3 Å². The van der Waals surface area contributed by atoms with Crippen molar-refractivity contribution in [1.82, 2.24) is 9.97 Å². The van der Waals surface area contributed by atoms with Crippen LogP contribution in [0.5, 0.6) is 28.9 Å². The summed E-state index contributed by atoms with van der Waals surface area (Å²) in [6, 6.07) is 3.14. The lowest BCUT2D eigenvalue weighted by atomic mass is 10.2. The highest BCUT2D eigenvalue weighted by atomic mass is 35.5. The zero-order valence-corrected chi connectivity index (χ0v) is 12.4. The molecular formula is C13H13ClN2O5. The number of halogens is 1. The molecule has 0 fully saturated rings. The summed E-state index contributed by atoms with van der Waals surface area (Å²) in [6.45, 7) is 0. The van der Waals surface area contributed by atoms with Gasteiger partial charge in [-0.25, -0.2) is 4.98 Å². The highest BCUT2D eigenvalue weighted by Gasteiger charge is 2.16. The van der Waals surface area contributed by atoms with Crippen molar-refractivity contribution in [2.24, 2.45) is 0 Å². The monoisotopic (exact) mass is 312 g/mol. The van der Waals surface area contributed by atoms with Crippen LogP contribution >= 0.6 is 11.6 Å². The van der Waals surface area contributed by atoms with Gasteiger partial charge in [-0.3, -0.25) is 4.79 Å². The number of hydrogen-bond donors (Lipinski definition) is 1. The number of aromatic amines is 1. The van der Waals surface area contributed by atoms with Crippen LogP contribution in [0.4, 0.5) is 0 Å². The van der Waals surface area contributed by atoms with E-state index in [1.807, 2.05) is 0 Å². The number of nitrogens with one attached hydrogen (secondary N) is 1. The van der Waals surface area contributed by atoms with Crippen molar-refractivity contribution in [3.63, 3.8) is 0 Å². The van der Waals surface area contributed by atoms with Crippen molar-refractivity contribution < 1.29 is 18.9 Å². The summed E-state index contributed by atoms with van der Waals surface area (Å²) in [6.07, 6.45) is 1.20. The highest BCUT2D eigenvalue weighted by Crippen LogP contribution is 2.42. The molecular weight excluding hydrogens is 300 g/mol. The van der Waals surface area contributed by atoms with E-state index in [0.29, 0.717) is 23.0 Å². The van der Waals surface area contributed by atoms with Crippen LogP contribution in [0.25, 0.3) is 0 Å². The molecule has 8 heteroatoms. The first kappa shape index (κ1) is 15.0. The number of aromatic nitrogens is 2. The van der Waals surface area contributed by atoms with Gasteiger partial charge in [0.2, 0.25) is 11.6 Å². The second kappa shape index (κ2) is 6.36. The van der Waals surface area contributed by atoms with Crippen LogP contribution in [0.1, 0.15) is 0 Å². The fourth-order valence-electron chi connectivity index (χ4n) is 1.67. The van der Waals surface area contributed by atoms with E-state index >= 15 is 0 Å². The second-order valence-electron chi connectivity index (χ2n) is 3.81. The van der Waals surface area contributed by atoms with Gasteiger partial charge in [0.25, 0.3) is 5.56 Å². The molecule has 2 rings (SSSR count). The number of methoxy groups -OCH3 is 3. The largest absolute Gasteiger partial charge is 0.493 e. The first-order valence-electron chi connectivity index (χ1n) is 5.81. The lowest BCUT2D eigenvalue weighted by Gasteiger charge is -2.14. The van der Waals surface area contributed by atoms with Crippen molar-refractivity contribution in [3.05, 3.63) is 33.8 Å². The zero-order valence-electron chi connectivity index (χ0n) is 11.6. The van der Waals surface area contributed by atoms with Crippen molar-refractivity contribution >= 4 is 11.6 Å². The molecule has 0 spiro atoms. The molecule has 112 valence electrons. The Morgan fingerprint density at radius 1 is 1.10 bits per heavy atom. The maximum atomic E-state index is 11.4. The molecule has 1 aromatic carbocycles. The maximum absolute atomic E-state index is 11.4. The molecule has 2 aromatic rings. The van der Waals surface area contributed by atoms with E-state index in [1.165, 1.54) is 27.7 Å². The Kier molecular flexibility index (Phi) is 4.54. The van der Waals surface area contributed by atoms with Gasteiger partial charge in [-0.05, 0) is 0 Å². The predicted molar refractivity (Wildman–Crippen MR) is 76.0 cm³/mol. The quantitative estimate of drug-likeness (QED) is 0.911. The third-order valence-electron chi connectivity index (χ3n) is 2.62. The van der Waals surface area contributed by atoms with Gasteiger partial charge in [0, 0.05) is 12.1 Å². The van der Waals surface area contributed by atoms with E-state index in [2.05, 4.69) is 9.97 Å². The smallest absolute Gasteiger partial charge is 0.273 e. The molecule has 0 saturated heterocycles. The van der Waals surface area contributed by atoms with Crippen molar-refractivity contribution in [1.29, 1.82) is 0 Å². The van der Waals surface area contributed by atoms with Crippen LogP contribution < -0.4 is 24.5 Å². The van der Waals surface area contributed by atoms with E-state index in [9.17, 15) is 4.79 Å². The lowest BCUT2D eigenvalue weighted by molar-refractivity contribution is 0.320. The Morgan fingerprint density at radius 2 is 1.71 bits per heavy atom. The van der Waals surface area contributed by atoms with E-state index in [0.717, 1.165) is 0 Å². The van der Waals surface area contributed by atoms with E-state index in [-0.39, 0.29) is 10.9 Å². The van der Waals surface area contributed by atoms with Crippen molar-refractivity contribution in [3.8, 4) is 28.9 Å². The Morgan fingerprint density at radius 3 is 2.24 bits per heavy atom. The minimum absolute atomic E-state index is 0.0188. The van der Waals surface area contributed by atoms with Crippen LogP contribution in [-0.2, 0) is 0 Å². The van der Waals surface area contributed by atoms with Crippen LogP contribution in [0.2, 0.25) is 5.02 Å². The number of H-pyrrole nitrogens is 1. The third-order valence-corrected chi connectivity index (χ3v) is 2.95. The molecule has 0 aliphatic carbocycles. The molecule has 0 radical (unpaired) electrons. The molecule has 1 heterocycles. The highest BCUT2D eigenvalue weighted by molar-refractivity contribution is 6.31.